The number of aromatic nitrogens is 6. The summed E-state index contributed by atoms with van der Waals surface area (Å²) in [6.07, 6.45) is 6.38. The van der Waals surface area contributed by atoms with Crippen molar-refractivity contribution < 1.29 is 52.6 Å². The normalized spacial score (nSPS) is 18.7. The van der Waals surface area contributed by atoms with Crippen LogP contribution in [0, 0.1) is 29.6 Å². The van der Waals surface area contributed by atoms with Gasteiger partial charge < -0.3 is 73.4 Å². The molecule has 0 atom stereocenters. The van der Waals surface area contributed by atoms with E-state index in [4.69, 9.17) is 48.2 Å². The Morgan fingerprint density at radius 3 is 1.30 bits per heavy atom. The summed E-state index contributed by atoms with van der Waals surface area (Å²) in [5.74, 6) is 5.06. The van der Waals surface area contributed by atoms with Gasteiger partial charge in [0.1, 0.15) is 28.4 Å². The summed E-state index contributed by atoms with van der Waals surface area (Å²) in [7, 11) is 6.95. The predicted octanol–water partition coefficient (Wildman–Crippen LogP) is 4.85. The molecule has 7 aliphatic rings. The van der Waals surface area contributed by atoms with Crippen LogP contribution in [-0.4, -0.2) is 237 Å². The van der Waals surface area contributed by atoms with E-state index in [1.807, 2.05) is 89.7 Å². The van der Waals surface area contributed by atoms with Gasteiger partial charge in [-0.05, 0) is 81.7 Å². The summed E-state index contributed by atoms with van der Waals surface area (Å²) in [5, 5.41) is 24.4. The first-order valence-electron chi connectivity index (χ1n) is 29.6. The van der Waals surface area contributed by atoms with Crippen molar-refractivity contribution in [3.63, 3.8) is 0 Å². The van der Waals surface area contributed by atoms with E-state index < -0.39 is 16.8 Å². The molecule has 4 aromatic rings. The molecule has 24 nitrogen and oxygen atoms in total. The number of aliphatic hydroxyl groups is 1. The molecule has 3 amide bonds. The molecule has 0 saturated carbocycles. The number of nitrogens with zero attached hydrogens (tertiary/aromatic N) is 11. The SMILES string of the molecule is CC(C)(C)OC(=O)N1CC(CO)C1.COCC1CN(C(=O)OC(C)(C)C)C1.COCC1CN(c2c3c(nc4ccnn24)CCN(C(=O)OC(C)(C)C)CC3)C1.COCC1CN(c2c3c(nc4ccnn24)CCNCC3)C1.COCC1CNC1. The fraction of sp³-hybridized carbons (Fsp3) is 0.746. The number of carbonyl (C=O) groups is 3. The molecule has 5 fully saturated rings. The molecule has 83 heavy (non-hydrogen) atoms. The highest BCUT2D eigenvalue weighted by Crippen LogP contribution is 2.34. The van der Waals surface area contributed by atoms with Gasteiger partial charge in [0.05, 0.1) is 50.2 Å². The van der Waals surface area contributed by atoms with Crippen LogP contribution in [0.25, 0.3) is 11.3 Å². The lowest BCUT2D eigenvalue weighted by Crippen LogP contribution is -2.52. The molecule has 0 spiro atoms. The zero-order valence-corrected chi connectivity index (χ0v) is 51.9. The molecule has 4 aromatic heterocycles. The monoisotopic (exact) mass is 1160 g/mol. The van der Waals surface area contributed by atoms with Crippen LogP contribution < -0.4 is 20.4 Å². The number of hydrogen-bond acceptors (Lipinski definition) is 19. The highest BCUT2D eigenvalue weighted by Gasteiger charge is 2.37. The topological polar surface area (TPSA) is 237 Å². The first-order chi connectivity index (χ1) is 39.5. The summed E-state index contributed by atoms with van der Waals surface area (Å²) in [6.45, 7) is 32.5. The van der Waals surface area contributed by atoms with Gasteiger partial charge in [-0.25, -0.2) is 24.4 Å². The van der Waals surface area contributed by atoms with Gasteiger partial charge >= 0.3 is 18.3 Å². The van der Waals surface area contributed by atoms with Crippen LogP contribution in [0.4, 0.5) is 26.0 Å². The van der Waals surface area contributed by atoms with E-state index in [2.05, 4.69) is 30.6 Å². The number of aliphatic hydroxyl groups excluding tert-OH is 1. The van der Waals surface area contributed by atoms with Crippen molar-refractivity contribution >= 4 is 41.2 Å². The van der Waals surface area contributed by atoms with Gasteiger partial charge in [0, 0.05) is 186 Å². The molecule has 0 radical (unpaired) electrons. The highest BCUT2D eigenvalue weighted by atomic mass is 16.6. The summed E-state index contributed by atoms with van der Waals surface area (Å²) >= 11 is 0. The van der Waals surface area contributed by atoms with Crippen LogP contribution in [0.1, 0.15) is 84.8 Å². The number of nitrogens with one attached hydrogen (secondary N) is 2. The van der Waals surface area contributed by atoms with E-state index in [0.29, 0.717) is 43.9 Å². The maximum atomic E-state index is 12.5. The van der Waals surface area contributed by atoms with E-state index in [1.54, 1.807) is 49.3 Å². The summed E-state index contributed by atoms with van der Waals surface area (Å²) in [5.41, 5.74) is 5.35. The molecule has 11 rings (SSSR count). The Kier molecular flexibility index (Phi) is 23.0. The maximum Gasteiger partial charge on any atom is 0.410 e. The second-order valence-electron chi connectivity index (χ2n) is 25.7. The minimum absolute atomic E-state index is 0.152. The summed E-state index contributed by atoms with van der Waals surface area (Å²) < 4.78 is 40.3. The first kappa shape index (κ1) is 64.9. The Bertz CT molecular complexity index is 2690. The lowest BCUT2D eigenvalue weighted by molar-refractivity contribution is -0.0146. The zero-order chi connectivity index (χ0) is 60.1. The number of ether oxygens (including phenoxy) is 7. The Hall–Kier alpha value is -5.63. The number of likely N-dealkylation sites (tertiary alicyclic amines) is 2. The number of carbonyl (C=O) groups excluding carboxylic acids is 3. The fourth-order valence-electron chi connectivity index (χ4n) is 10.7. The van der Waals surface area contributed by atoms with Crippen molar-refractivity contribution in [2.75, 3.05) is 163 Å². The van der Waals surface area contributed by atoms with Crippen LogP contribution in [-0.2, 0) is 58.8 Å². The number of hydrogen-bond donors (Lipinski definition) is 3. The molecule has 0 aliphatic carbocycles. The van der Waals surface area contributed by atoms with Gasteiger partial charge in [-0.2, -0.15) is 19.2 Å². The number of rotatable bonds is 11. The van der Waals surface area contributed by atoms with Crippen molar-refractivity contribution in [2.24, 2.45) is 29.6 Å². The second-order valence-corrected chi connectivity index (χ2v) is 25.7. The van der Waals surface area contributed by atoms with E-state index in [1.165, 1.54) is 22.6 Å². The van der Waals surface area contributed by atoms with E-state index >= 15 is 0 Å². The van der Waals surface area contributed by atoms with E-state index in [-0.39, 0.29) is 30.8 Å². The van der Waals surface area contributed by atoms with Crippen molar-refractivity contribution in [3.05, 3.63) is 47.0 Å². The molecule has 464 valence electrons. The third-order valence-corrected chi connectivity index (χ3v) is 14.8. The Balaban J connectivity index is 0.000000159. The number of fused-ring (bicyclic) bond motifs is 4. The van der Waals surface area contributed by atoms with Gasteiger partial charge in [0.2, 0.25) is 0 Å². The van der Waals surface area contributed by atoms with Crippen molar-refractivity contribution in [1.29, 1.82) is 0 Å². The van der Waals surface area contributed by atoms with Gasteiger partial charge in [0.25, 0.3) is 0 Å². The van der Waals surface area contributed by atoms with Crippen LogP contribution >= 0.6 is 0 Å². The average Bonchev–Trinajstić information content (AvgIpc) is 2.51. The standard InChI is InChI=1S/C20H29N5O3.C15H21N5O.C10H19NO3.C9H17NO3.C5H11NO/c1-20(2,3)28-19(26)23-9-6-15-16(7-10-23)22-17-5-8-21-25(17)18(15)24-11-14(12-24)13-27-4;1-21-10-11-8-19(9-11)15-12-2-5-16-6-3-13(12)18-14-4-7-17-20(14)15;1-10(2,3)14-9(12)11-5-8(6-11)7-13-4;1-9(2,3)13-8(12)10-4-7(5-10)6-11;1-7-4-5-2-6-3-5/h5,8,14H,6-7,9-13H2,1-4H3;4,7,11,16H,2-3,5-6,8-10H2,1H3;8H,5-7H2,1-4H3;7,11H,4-6H2,1-3H3;5-6H,2-4H2,1H3. The number of anilines is 2. The van der Waals surface area contributed by atoms with Crippen LogP contribution in [0.3, 0.4) is 0 Å². The van der Waals surface area contributed by atoms with E-state index in [9.17, 15) is 14.4 Å². The van der Waals surface area contributed by atoms with Gasteiger partial charge in [-0.1, -0.05) is 0 Å². The first-order valence-corrected chi connectivity index (χ1v) is 29.6. The molecular formula is C59H97N13O11. The lowest BCUT2D eigenvalue weighted by Gasteiger charge is -2.41. The molecule has 11 heterocycles. The minimum atomic E-state index is -0.492. The molecule has 5 saturated heterocycles. The number of amides is 3. The molecule has 0 aromatic carbocycles. The van der Waals surface area contributed by atoms with Crippen molar-refractivity contribution in [1.82, 2.24) is 54.5 Å². The molecule has 0 bridgehead atoms. The molecule has 3 N–H and O–H groups in total. The third kappa shape index (κ3) is 18.4. The molecule has 0 unspecified atom stereocenters. The zero-order valence-electron chi connectivity index (χ0n) is 51.9. The summed E-state index contributed by atoms with van der Waals surface area (Å²) in [6, 6.07) is 3.93. The Morgan fingerprint density at radius 1 is 0.506 bits per heavy atom. The maximum absolute atomic E-state index is 12.5. The summed E-state index contributed by atoms with van der Waals surface area (Å²) in [4.78, 5) is 54.8. The largest absolute Gasteiger partial charge is 0.444 e. The minimum Gasteiger partial charge on any atom is -0.444 e. The fourth-order valence-corrected chi connectivity index (χ4v) is 10.7. The van der Waals surface area contributed by atoms with Gasteiger partial charge in [-0.3, -0.25) is 0 Å². The Labute approximate surface area is 491 Å². The van der Waals surface area contributed by atoms with Crippen molar-refractivity contribution in [3.8, 4) is 0 Å². The third-order valence-electron chi connectivity index (χ3n) is 14.8. The van der Waals surface area contributed by atoms with Crippen LogP contribution in [0.15, 0.2) is 24.5 Å². The predicted molar refractivity (Wildman–Crippen MR) is 316 cm³/mol. The van der Waals surface area contributed by atoms with E-state index in [0.717, 1.165) is 146 Å². The van der Waals surface area contributed by atoms with Gasteiger partial charge in [-0.15, -0.1) is 0 Å². The van der Waals surface area contributed by atoms with Crippen LogP contribution in [0.2, 0.25) is 0 Å². The highest BCUT2D eigenvalue weighted by molar-refractivity contribution is 5.70. The van der Waals surface area contributed by atoms with Gasteiger partial charge in [0.15, 0.2) is 11.3 Å². The second kappa shape index (κ2) is 29.5. The molecule has 7 aliphatic heterocycles. The van der Waals surface area contributed by atoms with Crippen molar-refractivity contribution in [2.45, 2.75) is 105 Å². The van der Waals surface area contributed by atoms with Crippen LogP contribution in [0.5, 0.6) is 0 Å². The average molecular weight is 1160 g/mol. The Morgan fingerprint density at radius 2 is 0.892 bits per heavy atom. The lowest BCUT2D eigenvalue weighted by atomic mass is 9.99. The smallest absolute Gasteiger partial charge is 0.410 e. The number of methoxy groups -OCH3 is 4. The molecular weight excluding hydrogens is 1070 g/mol. The quantitative estimate of drug-likeness (QED) is 0.170. The molecule has 24 heteroatoms.